The standard InChI is InChI=1S/C16H26N4O3/c1-11(2)23-16(22)12(3)9-18-15(21)14-6-8-20(19-14)13-5-4-7-17-10-13/h6,8,11-13,17H,4-5,7,9-10H2,1-3H3,(H,18,21). The number of ether oxygens (including phenoxy) is 1. The molecule has 7 nitrogen and oxygen atoms in total. The van der Waals surface area contributed by atoms with Crippen molar-refractivity contribution in [2.24, 2.45) is 5.92 Å². The molecule has 1 aliphatic heterocycles. The zero-order valence-corrected chi connectivity index (χ0v) is 14.0. The predicted octanol–water partition coefficient (Wildman–Crippen LogP) is 1.13. The highest BCUT2D eigenvalue weighted by molar-refractivity contribution is 5.92. The van der Waals surface area contributed by atoms with E-state index in [1.807, 2.05) is 10.9 Å². The van der Waals surface area contributed by atoms with Gasteiger partial charge in [0.15, 0.2) is 0 Å². The second-order valence-corrected chi connectivity index (χ2v) is 6.28. The molecule has 2 N–H and O–H groups in total. The lowest BCUT2D eigenvalue weighted by Gasteiger charge is -2.22. The number of piperidine rings is 1. The molecule has 0 saturated carbocycles. The van der Waals surface area contributed by atoms with Crippen molar-refractivity contribution in [2.75, 3.05) is 19.6 Å². The van der Waals surface area contributed by atoms with Crippen molar-refractivity contribution in [1.29, 1.82) is 0 Å². The predicted molar refractivity (Wildman–Crippen MR) is 86.1 cm³/mol. The van der Waals surface area contributed by atoms with Crippen molar-refractivity contribution in [3.05, 3.63) is 18.0 Å². The zero-order chi connectivity index (χ0) is 16.8. The summed E-state index contributed by atoms with van der Waals surface area (Å²) in [5.41, 5.74) is 0.375. The smallest absolute Gasteiger partial charge is 0.310 e. The number of nitrogens with zero attached hydrogens (tertiary/aromatic N) is 2. The molecule has 0 radical (unpaired) electrons. The molecule has 2 atom stereocenters. The second kappa shape index (κ2) is 8.10. The monoisotopic (exact) mass is 322 g/mol. The zero-order valence-electron chi connectivity index (χ0n) is 14.0. The fourth-order valence-electron chi connectivity index (χ4n) is 2.49. The van der Waals surface area contributed by atoms with Crippen LogP contribution in [-0.2, 0) is 9.53 Å². The molecule has 2 unspecified atom stereocenters. The molecular weight excluding hydrogens is 296 g/mol. The molecule has 2 rings (SSSR count). The second-order valence-electron chi connectivity index (χ2n) is 6.28. The number of esters is 1. The van der Waals surface area contributed by atoms with Crippen LogP contribution in [-0.4, -0.2) is 47.4 Å². The number of amides is 1. The topological polar surface area (TPSA) is 85.2 Å². The van der Waals surface area contributed by atoms with Crippen LogP contribution in [0.15, 0.2) is 12.3 Å². The maximum atomic E-state index is 12.1. The summed E-state index contributed by atoms with van der Waals surface area (Å²) in [5, 5.41) is 10.4. The molecule has 0 spiro atoms. The van der Waals surface area contributed by atoms with Gasteiger partial charge in [0.05, 0.1) is 18.1 Å². The number of hydrogen-bond acceptors (Lipinski definition) is 5. The van der Waals surface area contributed by atoms with Crippen LogP contribution < -0.4 is 10.6 Å². The number of hydrogen-bond donors (Lipinski definition) is 2. The number of carbonyl (C=O) groups is 2. The van der Waals surface area contributed by atoms with Gasteiger partial charge in [0.2, 0.25) is 0 Å². The van der Waals surface area contributed by atoms with Crippen molar-refractivity contribution in [3.8, 4) is 0 Å². The summed E-state index contributed by atoms with van der Waals surface area (Å²) < 4.78 is 6.96. The summed E-state index contributed by atoms with van der Waals surface area (Å²) >= 11 is 0. The Morgan fingerprint density at radius 3 is 2.91 bits per heavy atom. The summed E-state index contributed by atoms with van der Waals surface area (Å²) in [4.78, 5) is 23.8. The van der Waals surface area contributed by atoms with Gasteiger partial charge in [-0.3, -0.25) is 14.3 Å². The Morgan fingerprint density at radius 2 is 2.26 bits per heavy atom. The number of aromatic nitrogens is 2. The van der Waals surface area contributed by atoms with E-state index in [4.69, 9.17) is 4.74 Å². The van der Waals surface area contributed by atoms with E-state index >= 15 is 0 Å². The molecule has 23 heavy (non-hydrogen) atoms. The molecule has 1 amide bonds. The van der Waals surface area contributed by atoms with Crippen LogP contribution in [0, 0.1) is 5.92 Å². The Balaban J connectivity index is 1.84. The summed E-state index contributed by atoms with van der Waals surface area (Å²) in [7, 11) is 0. The lowest BCUT2D eigenvalue weighted by molar-refractivity contribution is -0.151. The van der Waals surface area contributed by atoms with Gasteiger partial charge in [0.1, 0.15) is 5.69 Å². The maximum absolute atomic E-state index is 12.1. The van der Waals surface area contributed by atoms with E-state index < -0.39 is 0 Å². The first kappa shape index (κ1) is 17.5. The van der Waals surface area contributed by atoms with Crippen molar-refractivity contribution < 1.29 is 14.3 Å². The first-order valence-electron chi connectivity index (χ1n) is 8.22. The van der Waals surface area contributed by atoms with Gasteiger partial charge in [0, 0.05) is 19.3 Å². The lowest BCUT2D eigenvalue weighted by Crippen LogP contribution is -2.34. The van der Waals surface area contributed by atoms with Crippen LogP contribution in [0.25, 0.3) is 0 Å². The minimum absolute atomic E-state index is 0.152. The van der Waals surface area contributed by atoms with Gasteiger partial charge >= 0.3 is 5.97 Å². The molecule has 0 aromatic carbocycles. The molecule has 128 valence electrons. The highest BCUT2D eigenvalue weighted by Crippen LogP contribution is 2.15. The number of rotatable bonds is 6. The average molecular weight is 322 g/mol. The first-order chi connectivity index (χ1) is 11.0. The number of carbonyl (C=O) groups excluding carboxylic acids is 2. The summed E-state index contributed by atoms with van der Waals surface area (Å²) in [6.45, 7) is 7.49. The Kier molecular flexibility index (Phi) is 6.15. The van der Waals surface area contributed by atoms with E-state index in [0.29, 0.717) is 11.7 Å². The van der Waals surface area contributed by atoms with Gasteiger partial charge in [-0.2, -0.15) is 5.10 Å². The van der Waals surface area contributed by atoms with Crippen LogP contribution in [0.3, 0.4) is 0 Å². The molecule has 7 heteroatoms. The van der Waals surface area contributed by atoms with Gasteiger partial charge in [-0.05, 0) is 39.3 Å². The first-order valence-corrected chi connectivity index (χ1v) is 8.22. The minimum atomic E-state index is -0.383. The quantitative estimate of drug-likeness (QED) is 0.767. The minimum Gasteiger partial charge on any atom is -0.463 e. The Morgan fingerprint density at radius 1 is 1.48 bits per heavy atom. The van der Waals surface area contributed by atoms with Crippen LogP contribution in [0.1, 0.15) is 50.1 Å². The Labute approximate surface area is 136 Å². The van der Waals surface area contributed by atoms with Crippen molar-refractivity contribution >= 4 is 11.9 Å². The third-order valence-electron chi connectivity index (χ3n) is 3.81. The summed E-state index contributed by atoms with van der Waals surface area (Å²) in [6.07, 6.45) is 3.86. The molecular formula is C16H26N4O3. The van der Waals surface area contributed by atoms with Crippen LogP contribution in [0.4, 0.5) is 0 Å². The Hall–Kier alpha value is -1.89. The van der Waals surface area contributed by atoms with Crippen molar-refractivity contribution in [1.82, 2.24) is 20.4 Å². The summed E-state index contributed by atoms with van der Waals surface area (Å²) in [5.74, 6) is -0.957. The molecule has 0 aliphatic carbocycles. The van der Waals surface area contributed by atoms with Crippen molar-refractivity contribution in [3.63, 3.8) is 0 Å². The molecule has 1 saturated heterocycles. The average Bonchev–Trinajstić information content (AvgIpc) is 3.02. The molecule has 1 aromatic rings. The third-order valence-corrected chi connectivity index (χ3v) is 3.81. The molecule has 1 fully saturated rings. The van der Waals surface area contributed by atoms with Gasteiger partial charge < -0.3 is 15.4 Å². The van der Waals surface area contributed by atoms with Gasteiger partial charge in [0.25, 0.3) is 5.91 Å². The van der Waals surface area contributed by atoms with Crippen LogP contribution in [0.2, 0.25) is 0 Å². The largest absolute Gasteiger partial charge is 0.463 e. The maximum Gasteiger partial charge on any atom is 0.310 e. The van der Waals surface area contributed by atoms with E-state index in [-0.39, 0.29) is 30.4 Å². The Bertz CT molecular complexity index is 535. The lowest BCUT2D eigenvalue weighted by atomic mass is 10.1. The third kappa shape index (κ3) is 5.06. The van der Waals surface area contributed by atoms with Gasteiger partial charge in [-0.15, -0.1) is 0 Å². The SMILES string of the molecule is CC(C)OC(=O)C(C)CNC(=O)c1ccn(C2CCCNC2)n1. The molecule has 0 bridgehead atoms. The molecule has 2 heterocycles. The highest BCUT2D eigenvalue weighted by atomic mass is 16.5. The van der Waals surface area contributed by atoms with Gasteiger partial charge in [-0.1, -0.05) is 6.92 Å². The van der Waals surface area contributed by atoms with E-state index in [2.05, 4.69) is 15.7 Å². The molecule has 1 aliphatic rings. The fraction of sp³-hybridized carbons (Fsp3) is 0.688. The van der Waals surface area contributed by atoms with Crippen LogP contribution in [0.5, 0.6) is 0 Å². The van der Waals surface area contributed by atoms with E-state index in [1.165, 1.54) is 0 Å². The highest BCUT2D eigenvalue weighted by Gasteiger charge is 2.20. The van der Waals surface area contributed by atoms with Crippen molar-refractivity contribution in [2.45, 2.75) is 45.8 Å². The summed E-state index contributed by atoms with van der Waals surface area (Å²) in [6, 6.07) is 2.01. The van der Waals surface area contributed by atoms with E-state index in [1.54, 1.807) is 26.8 Å². The van der Waals surface area contributed by atoms with Gasteiger partial charge in [-0.25, -0.2) is 0 Å². The van der Waals surface area contributed by atoms with E-state index in [0.717, 1.165) is 25.9 Å². The molecule has 1 aromatic heterocycles. The van der Waals surface area contributed by atoms with E-state index in [9.17, 15) is 9.59 Å². The normalized spacial score (nSPS) is 19.4. The fourth-order valence-corrected chi connectivity index (χ4v) is 2.49. The van der Waals surface area contributed by atoms with Crippen LogP contribution >= 0.6 is 0 Å². The number of nitrogens with one attached hydrogen (secondary N) is 2.